The number of fused-ring (bicyclic) bond motifs is 1. The number of pyridine rings is 1. The molecule has 0 aliphatic carbocycles. The molecule has 0 fully saturated rings. The van der Waals surface area contributed by atoms with E-state index in [2.05, 4.69) is 10.3 Å². The summed E-state index contributed by atoms with van der Waals surface area (Å²) in [7, 11) is 0. The molecule has 0 aliphatic heterocycles. The molecule has 0 spiro atoms. The van der Waals surface area contributed by atoms with Gasteiger partial charge in [0.1, 0.15) is 5.82 Å². The van der Waals surface area contributed by atoms with Crippen molar-refractivity contribution in [3.05, 3.63) is 99.4 Å². The molecule has 6 nitrogen and oxygen atoms in total. The van der Waals surface area contributed by atoms with E-state index in [1.54, 1.807) is 42.6 Å². The van der Waals surface area contributed by atoms with Crippen LogP contribution in [0.5, 0.6) is 0 Å². The third-order valence-electron chi connectivity index (χ3n) is 5.16. The van der Waals surface area contributed by atoms with Crippen molar-refractivity contribution in [2.24, 2.45) is 0 Å². The molecule has 0 radical (unpaired) electrons. The van der Waals surface area contributed by atoms with E-state index < -0.39 is 29.3 Å². The summed E-state index contributed by atoms with van der Waals surface area (Å²) in [4.78, 5) is 29.3. The number of nitrogens with one attached hydrogen (secondary N) is 1. The minimum absolute atomic E-state index is 0.144. The Bertz CT molecular complexity index is 1480. The summed E-state index contributed by atoms with van der Waals surface area (Å²) in [6, 6.07) is 15.5. The molecule has 1 atom stereocenters. The normalized spacial score (nSPS) is 11.6. The lowest BCUT2D eigenvalue weighted by atomic mass is 9.95. The molecule has 4 rings (SSSR count). The Kier molecular flexibility index (Phi) is 6.46. The fourth-order valence-electron chi connectivity index (χ4n) is 3.60. The van der Waals surface area contributed by atoms with E-state index in [0.717, 1.165) is 6.07 Å². The van der Waals surface area contributed by atoms with Gasteiger partial charge in [-0.15, -0.1) is 0 Å². The summed E-state index contributed by atoms with van der Waals surface area (Å²) in [5.74, 6) is -3.21. The van der Waals surface area contributed by atoms with Gasteiger partial charge in [-0.2, -0.15) is 5.26 Å². The van der Waals surface area contributed by atoms with Gasteiger partial charge in [-0.05, 0) is 48.0 Å². The smallest absolute Gasteiger partial charge is 0.330 e. The summed E-state index contributed by atoms with van der Waals surface area (Å²) in [5, 5.41) is 22.1. The zero-order chi connectivity index (χ0) is 24.4. The Morgan fingerprint density at radius 1 is 1.03 bits per heavy atom. The molecule has 3 aromatic carbocycles. The van der Waals surface area contributed by atoms with E-state index in [4.69, 9.17) is 28.5 Å². The molecule has 0 aliphatic rings. The molecule has 1 amide bonds. The van der Waals surface area contributed by atoms with Crippen molar-refractivity contribution in [2.75, 3.05) is 0 Å². The van der Waals surface area contributed by atoms with Gasteiger partial charge in [-0.1, -0.05) is 41.4 Å². The van der Waals surface area contributed by atoms with Crippen LogP contribution in [-0.2, 0) is 4.79 Å². The highest BCUT2D eigenvalue weighted by Gasteiger charge is 2.27. The van der Waals surface area contributed by atoms with Crippen LogP contribution in [-0.4, -0.2) is 22.0 Å². The van der Waals surface area contributed by atoms with Gasteiger partial charge in [0.25, 0.3) is 5.91 Å². The van der Waals surface area contributed by atoms with E-state index in [1.807, 2.05) is 6.07 Å². The van der Waals surface area contributed by atoms with Crippen LogP contribution in [0, 0.1) is 17.1 Å². The van der Waals surface area contributed by atoms with Crippen molar-refractivity contribution in [3.63, 3.8) is 0 Å². The molecule has 0 bridgehead atoms. The fourth-order valence-corrected chi connectivity index (χ4v) is 4.13. The molecular formula is C25H14Cl2FN3O3. The molecular weight excluding hydrogens is 480 g/mol. The average Bonchev–Trinajstić information content (AvgIpc) is 2.81. The first-order chi connectivity index (χ1) is 16.3. The van der Waals surface area contributed by atoms with Crippen molar-refractivity contribution in [1.29, 1.82) is 5.26 Å². The third kappa shape index (κ3) is 4.42. The van der Waals surface area contributed by atoms with Gasteiger partial charge in [0, 0.05) is 27.7 Å². The van der Waals surface area contributed by atoms with Gasteiger partial charge in [-0.25, -0.2) is 9.18 Å². The highest BCUT2D eigenvalue weighted by atomic mass is 35.5. The van der Waals surface area contributed by atoms with Gasteiger partial charge in [0.2, 0.25) is 0 Å². The number of nitrogens with zero attached hydrogens (tertiary/aromatic N) is 2. The predicted octanol–water partition coefficient (Wildman–Crippen LogP) is 5.78. The SMILES string of the molecule is N#Cc1ccc(-c2cc([C@H](NC(=O)c3c(F)cccc3Cl)C(=O)O)cc3cccnc23)c(Cl)c1. The number of carbonyl (C=O) groups is 2. The highest BCUT2D eigenvalue weighted by Crippen LogP contribution is 2.35. The topological polar surface area (TPSA) is 103 Å². The van der Waals surface area contributed by atoms with E-state index in [0.29, 0.717) is 27.6 Å². The van der Waals surface area contributed by atoms with Crippen molar-refractivity contribution < 1.29 is 19.1 Å². The standard InChI is InChI=1S/C25H14Cl2FN3O3/c26-18-4-1-5-20(28)21(18)24(32)31-23(25(33)34)15-10-14-3-2-8-30-22(14)17(11-15)16-7-6-13(12-29)9-19(16)27/h1-11,23H,(H,31,32)(H,33,34)/t23-/m0/s1. The number of benzene rings is 3. The quantitative estimate of drug-likeness (QED) is 0.367. The number of hydrogen-bond donors (Lipinski definition) is 2. The molecule has 9 heteroatoms. The lowest BCUT2D eigenvalue weighted by Gasteiger charge is -2.18. The summed E-state index contributed by atoms with van der Waals surface area (Å²) in [6.07, 6.45) is 1.58. The molecule has 0 unspecified atom stereocenters. The first-order valence-electron chi connectivity index (χ1n) is 9.86. The van der Waals surface area contributed by atoms with Crippen molar-refractivity contribution in [2.45, 2.75) is 6.04 Å². The van der Waals surface area contributed by atoms with Gasteiger partial charge < -0.3 is 10.4 Å². The van der Waals surface area contributed by atoms with Crippen LogP contribution in [0.15, 0.2) is 66.9 Å². The average molecular weight is 494 g/mol. The minimum atomic E-state index is -1.52. The van der Waals surface area contributed by atoms with Crippen LogP contribution < -0.4 is 5.32 Å². The molecule has 34 heavy (non-hydrogen) atoms. The molecule has 0 saturated heterocycles. The van der Waals surface area contributed by atoms with E-state index in [9.17, 15) is 19.1 Å². The lowest BCUT2D eigenvalue weighted by molar-refractivity contribution is -0.139. The maximum Gasteiger partial charge on any atom is 0.330 e. The minimum Gasteiger partial charge on any atom is -0.479 e. The Morgan fingerprint density at radius 2 is 1.82 bits per heavy atom. The number of carboxylic acids is 1. The lowest BCUT2D eigenvalue weighted by Crippen LogP contribution is -2.34. The molecule has 0 saturated carbocycles. The zero-order valence-corrected chi connectivity index (χ0v) is 18.7. The molecule has 168 valence electrons. The maximum absolute atomic E-state index is 14.2. The molecule has 1 heterocycles. The fraction of sp³-hybridized carbons (Fsp3) is 0.0400. The predicted molar refractivity (Wildman–Crippen MR) is 126 cm³/mol. The van der Waals surface area contributed by atoms with E-state index in [1.165, 1.54) is 18.2 Å². The molecule has 1 aromatic heterocycles. The van der Waals surface area contributed by atoms with E-state index >= 15 is 0 Å². The molecule has 4 aromatic rings. The number of rotatable bonds is 5. The number of amides is 1. The second kappa shape index (κ2) is 9.48. The zero-order valence-electron chi connectivity index (χ0n) is 17.2. The monoisotopic (exact) mass is 493 g/mol. The number of aliphatic carboxylic acids is 1. The summed E-state index contributed by atoms with van der Waals surface area (Å²) >= 11 is 12.4. The first kappa shape index (κ1) is 23.2. The first-order valence-corrected chi connectivity index (χ1v) is 10.6. The van der Waals surface area contributed by atoms with E-state index in [-0.39, 0.29) is 15.6 Å². The van der Waals surface area contributed by atoms with Crippen LogP contribution in [0.3, 0.4) is 0 Å². The highest BCUT2D eigenvalue weighted by molar-refractivity contribution is 6.34. The number of carbonyl (C=O) groups excluding carboxylic acids is 1. The van der Waals surface area contributed by atoms with Crippen molar-refractivity contribution >= 4 is 46.0 Å². The van der Waals surface area contributed by atoms with Crippen LogP contribution in [0.25, 0.3) is 22.0 Å². The van der Waals surface area contributed by atoms with Gasteiger partial charge in [0.05, 0.1) is 27.7 Å². The Balaban J connectivity index is 1.85. The third-order valence-corrected chi connectivity index (χ3v) is 5.79. The summed E-state index contributed by atoms with van der Waals surface area (Å²) in [6.45, 7) is 0. The second-order valence-corrected chi connectivity index (χ2v) is 8.11. The number of aromatic nitrogens is 1. The maximum atomic E-state index is 14.2. The van der Waals surface area contributed by atoms with Crippen LogP contribution in [0.1, 0.15) is 27.5 Å². The number of nitriles is 1. The van der Waals surface area contributed by atoms with Gasteiger partial charge in [-0.3, -0.25) is 9.78 Å². The van der Waals surface area contributed by atoms with Crippen LogP contribution in [0.4, 0.5) is 4.39 Å². The largest absolute Gasteiger partial charge is 0.479 e. The van der Waals surface area contributed by atoms with Crippen LogP contribution in [0.2, 0.25) is 10.0 Å². The Hall–Kier alpha value is -3.99. The number of halogens is 3. The summed E-state index contributed by atoms with van der Waals surface area (Å²) < 4.78 is 14.2. The Labute approximate surface area is 203 Å². The van der Waals surface area contributed by atoms with Gasteiger partial charge >= 0.3 is 5.97 Å². The summed E-state index contributed by atoms with van der Waals surface area (Å²) in [5.41, 5.74) is 1.70. The van der Waals surface area contributed by atoms with Crippen molar-refractivity contribution in [3.8, 4) is 17.2 Å². The number of carboxylic acid groups (broad SMARTS) is 1. The number of hydrogen-bond acceptors (Lipinski definition) is 4. The molecule has 2 N–H and O–H groups in total. The van der Waals surface area contributed by atoms with Crippen molar-refractivity contribution in [1.82, 2.24) is 10.3 Å². The van der Waals surface area contributed by atoms with Gasteiger partial charge in [0.15, 0.2) is 6.04 Å². The Morgan fingerprint density at radius 3 is 2.50 bits per heavy atom. The second-order valence-electron chi connectivity index (χ2n) is 7.29. The van der Waals surface area contributed by atoms with Crippen LogP contribution >= 0.6 is 23.2 Å².